The lowest BCUT2D eigenvalue weighted by Crippen LogP contribution is -2.34. The van der Waals surface area contributed by atoms with Crippen molar-refractivity contribution >= 4 is 29.1 Å². The van der Waals surface area contributed by atoms with Gasteiger partial charge in [-0.15, -0.1) is 0 Å². The number of rotatable bonds is 6. The SMILES string of the molecule is CC(NC(=O)C1CC(=O)N(c2ccc3c(c2)OCO3)C1)c1cccc(NC(=O)c2ccccc2)c1. The number of hydrogen-bond acceptors (Lipinski definition) is 5. The first-order valence-electron chi connectivity index (χ1n) is 11.4. The fourth-order valence-corrected chi connectivity index (χ4v) is 4.28. The van der Waals surface area contributed by atoms with E-state index in [9.17, 15) is 14.4 Å². The molecule has 1 saturated heterocycles. The second-order valence-corrected chi connectivity index (χ2v) is 8.62. The van der Waals surface area contributed by atoms with Crippen LogP contribution in [0.15, 0.2) is 72.8 Å². The first-order chi connectivity index (χ1) is 17.0. The summed E-state index contributed by atoms with van der Waals surface area (Å²) in [5.74, 6) is 0.278. The predicted octanol–water partition coefficient (Wildman–Crippen LogP) is 3.90. The number of anilines is 2. The molecule has 2 aliphatic rings. The van der Waals surface area contributed by atoms with Crippen molar-refractivity contribution in [3.05, 3.63) is 83.9 Å². The summed E-state index contributed by atoms with van der Waals surface area (Å²) in [5, 5.41) is 5.90. The summed E-state index contributed by atoms with van der Waals surface area (Å²) in [7, 11) is 0. The second-order valence-electron chi connectivity index (χ2n) is 8.62. The molecule has 35 heavy (non-hydrogen) atoms. The number of carbonyl (C=O) groups is 3. The number of carbonyl (C=O) groups excluding carboxylic acids is 3. The minimum Gasteiger partial charge on any atom is -0.454 e. The van der Waals surface area contributed by atoms with Gasteiger partial charge in [-0.2, -0.15) is 0 Å². The van der Waals surface area contributed by atoms with E-state index in [1.54, 1.807) is 41.3 Å². The zero-order valence-corrected chi connectivity index (χ0v) is 19.2. The fourth-order valence-electron chi connectivity index (χ4n) is 4.28. The highest BCUT2D eigenvalue weighted by Crippen LogP contribution is 2.37. The van der Waals surface area contributed by atoms with Crippen LogP contribution in [0.2, 0.25) is 0 Å². The average molecular weight is 472 g/mol. The van der Waals surface area contributed by atoms with E-state index >= 15 is 0 Å². The van der Waals surface area contributed by atoms with E-state index in [1.807, 2.05) is 43.3 Å². The molecule has 0 bridgehead atoms. The maximum atomic E-state index is 13.0. The zero-order valence-electron chi connectivity index (χ0n) is 19.2. The van der Waals surface area contributed by atoms with Gasteiger partial charge in [-0.1, -0.05) is 30.3 Å². The van der Waals surface area contributed by atoms with Crippen molar-refractivity contribution in [3.8, 4) is 11.5 Å². The van der Waals surface area contributed by atoms with E-state index in [0.717, 1.165) is 5.56 Å². The molecule has 2 heterocycles. The summed E-state index contributed by atoms with van der Waals surface area (Å²) in [6, 6.07) is 21.4. The molecule has 2 unspecified atom stereocenters. The largest absolute Gasteiger partial charge is 0.454 e. The quantitative estimate of drug-likeness (QED) is 0.569. The molecular formula is C27H25N3O5. The molecule has 8 heteroatoms. The van der Waals surface area contributed by atoms with Gasteiger partial charge in [0.1, 0.15) is 0 Å². The van der Waals surface area contributed by atoms with E-state index in [-0.39, 0.29) is 37.0 Å². The van der Waals surface area contributed by atoms with Gasteiger partial charge in [-0.3, -0.25) is 14.4 Å². The second kappa shape index (κ2) is 9.50. The van der Waals surface area contributed by atoms with Gasteiger partial charge in [-0.05, 0) is 48.9 Å². The molecule has 2 atom stereocenters. The first kappa shape index (κ1) is 22.5. The molecule has 0 saturated carbocycles. The minimum absolute atomic E-state index is 0.109. The molecule has 5 rings (SSSR count). The van der Waals surface area contributed by atoms with Crippen LogP contribution in [0.1, 0.15) is 35.3 Å². The van der Waals surface area contributed by atoms with Crippen LogP contribution >= 0.6 is 0 Å². The molecule has 2 N–H and O–H groups in total. The standard InChI is InChI=1S/C27H25N3O5/c1-17(19-8-5-9-21(12-19)29-26(32)18-6-3-2-4-7-18)28-27(33)20-13-25(31)30(15-20)22-10-11-23-24(14-22)35-16-34-23/h2-12,14,17,20H,13,15-16H2,1H3,(H,28,33)(H,29,32). The van der Waals surface area contributed by atoms with E-state index in [2.05, 4.69) is 10.6 Å². The van der Waals surface area contributed by atoms with Crippen molar-refractivity contribution in [1.82, 2.24) is 5.32 Å². The lowest BCUT2D eigenvalue weighted by Gasteiger charge is -2.19. The van der Waals surface area contributed by atoms with Gasteiger partial charge in [0.05, 0.1) is 12.0 Å². The normalized spacial score (nSPS) is 17.2. The molecule has 178 valence electrons. The number of amides is 3. The molecule has 0 aliphatic carbocycles. The van der Waals surface area contributed by atoms with Crippen LogP contribution < -0.4 is 25.0 Å². The van der Waals surface area contributed by atoms with Crippen LogP contribution in [-0.4, -0.2) is 31.1 Å². The van der Waals surface area contributed by atoms with Crippen LogP contribution in [0.25, 0.3) is 0 Å². The molecule has 3 aromatic carbocycles. The van der Waals surface area contributed by atoms with E-state index in [4.69, 9.17) is 9.47 Å². The predicted molar refractivity (Wildman–Crippen MR) is 130 cm³/mol. The number of benzene rings is 3. The third kappa shape index (κ3) is 4.82. The van der Waals surface area contributed by atoms with Gasteiger partial charge in [-0.25, -0.2) is 0 Å². The zero-order chi connectivity index (χ0) is 24.4. The highest BCUT2D eigenvalue weighted by Gasteiger charge is 2.36. The third-order valence-electron chi connectivity index (χ3n) is 6.20. The Balaban J connectivity index is 1.21. The van der Waals surface area contributed by atoms with Crippen LogP contribution in [-0.2, 0) is 9.59 Å². The Morgan fingerprint density at radius 2 is 1.77 bits per heavy atom. The van der Waals surface area contributed by atoms with Gasteiger partial charge in [0.2, 0.25) is 18.6 Å². The van der Waals surface area contributed by atoms with E-state index in [0.29, 0.717) is 35.0 Å². The summed E-state index contributed by atoms with van der Waals surface area (Å²) >= 11 is 0. The molecule has 8 nitrogen and oxygen atoms in total. The molecule has 3 aromatic rings. The van der Waals surface area contributed by atoms with Crippen molar-refractivity contribution in [2.45, 2.75) is 19.4 Å². The van der Waals surface area contributed by atoms with Gasteiger partial charge in [0.25, 0.3) is 5.91 Å². The highest BCUT2D eigenvalue weighted by atomic mass is 16.7. The molecule has 0 radical (unpaired) electrons. The van der Waals surface area contributed by atoms with Crippen molar-refractivity contribution in [1.29, 1.82) is 0 Å². The molecule has 0 aromatic heterocycles. The summed E-state index contributed by atoms with van der Waals surface area (Å²) in [6.45, 7) is 2.33. The molecular weight excluding hydrogens is 446 g/mol. The summed E-state index contributed by atoms with van der Waals surface area (Å²) in [4.78, 5) is 39.7. The van der Waals surface area contributed by atoms with Crippen LogP contribution in [0.5, 0.6) is 11.5 Å². The van der Waals surface area contributed by atoms with Crippen molar-refractivity contribution in [2.75, 3.05) is 23.6 Å². The smallest absolute Gasteiger partial charge is 0.255 e. The monoisotopic (exact) mass is 471 g/mol. The number of nitrogens with zero attached hydrogens (tertiary/aromatic N) is 1. The number of hydrogen-bond donors (Lipinski definition) is 2. The molecule has 1 fully saturated rings. The maximum Gasteiger partial charge on any atom is 0.255 e. The average Bonchev–Trinajstić information content (AvgIpc) is 3.50. The first-order valence-corrected chi connectivity index (χ1v) is 11.4. The Hall–Kier alpha value is -4.33. The minimum atomic E-state index is -0.462. The Morgan fingerprint density at radius 1 is 0.971 bits per heavy atom. The van der Waals surface area contributed by atoms with Crippen LogP contribution in [0.4, 0.5) is 11.4 Å². The molecule has 2 aliphatic heterocycles. The van der Waals surface area contributed by atoms with E-state index < -0.39 is 5.92 Å². The number of ether oxygens (including phenoxy) is 2. The van der Waals surface area contributed by atoms with E-state index in [1.165, 1.54) is 0 Å². The lowest BCUT2D eigenvalue weighted by atomic mass is 10.0. The summed E-state index contributed by atoms with van der Waals surface area (Å²) in [5.41, 5.74) is 2.74. The van der Waals surface area contributed by atoms with Crippen LogP contribution in [0.3, 0.4) is 0 Å². The van der Waals surface area contributed by atoms with Crippen molar-refractivity contribution in [3.63, 3.8) is 0 Å². The number of fused-ring (bicyclic) bond motifs is 1. The van der Waals surface area contributed by atoms with Crippen LogP contribution in [0, 0.1) is 5.92 Å². The van der Waals surface area contributed by atoms with Gasteiger partial charge in [0.15, 0.2) is 11.5 Å². The summed E-state index contributed by atoms with van der Waals surface area (Å²) < 4.78 is 10.7. The maximum absolute atomic E-state index is 13.0. The Labute approximate surface area is 202 Å². The Morgan fingerprint density at radius 3 is 2.60 bits per heavy atom. The summed E-state index contributed by atoms with van der Waals surface area (Å²) in [6.07, 6.45) is 0.139. The topological polar surface area (TPSA) is 97.0 Å². The van der Waals surface area contributed by atoms with Gasteiger partial charge >= 0.3 is 0 Å². The van der Waals surface area contributed by atoms with Crippen molar-refractivity contribution < 1.29 is 23.9 Å². The van der Waals surface area contributed by atoms with Gasteiger partial charge < -0.3 is 25.0 Å². The lowest BCUT2D eigenvalue weighted by molar-refractivity contribution is -0.126. The van der Waals surface area contributed by atoms with Gasteiger partial charge in [0, 0.05) is 36.0 Å². The highest BCUT2D eigenvalue weighted by molar-refractivity contribution is 6.04. The molecule has 3 amide bonds. The third-order valence-corrected chi connectivity index (χ3v) is 6.20. The Bertz CT molecular complexity index is 1280. The fraction of sp³-hybridized carbons (Fsp3) is 0.222. The number of nitrogens with one attached hydrogen (secondary N) is 2. The Kier molecular flexibility index (Phi) is 6.10. The molecule has 0 spiro atoms. The van der Waals surface area contributed by atoms with Crippen molar-refractivity contribution in [2.24, 2.45) is 5.92 Å².